The molecule has 2 fully saturated rings. The van der Waals surface area contributed by atoms with Crippen molar-refractivity contribution in [3.63, 3.8) is 0 Å². The Balaban J connectivity index is 1.16. The molecule has 1 N–H and O–H groups in total. The molecule has 7 heteroatoms. The molecule has 6 rings (SSSR count). The zero-order valence-corrected chi connectivity index (χ0v) is 21.6. The average molecular weight is 515 g/mol. The Labute approximate surface area is 222 Å². The minimum Gasteiger partial charge on any atom is -0.371 e. The Morgan fingerprint density at radius 1 is 0.919 bits per heavy atom. The molecule has 6 nitrogen and oxygen atoms in total. The van der Waals surface area contributed by atoms with Crippen LogP contribution in [0.1, 0.15) is 63.6 Å². The fourth-order valence-electron chi connectivity index (χ4n) is 6.38. The number of aryl methyl sites for hydroxylation is 1. The number of likely N-dealkylation sites (tertiary alicyclic amines) is 1. The molecule has 2 aliphatic heterocycles. The number of anilines is 1. The van der Waals surface area contributed by atoms with Gasteiger partial charge in [0.05, 0.1) is 16.6 Å². The number of pyridine rings is 1. The van der Waals surface area contributed by atoms with Crippen LogP contribution in [-0.2, 0) is 6.42 Å². The van der Waals surface area contributed by atoms with Crippen LogP contribution in [0.2, 0.25) is 5.02 Å². The van der Waals surface area contributed by atoms with E-state index < -0.39 is 0 Å². The number of nitrogens with one attached hydrogen (secondary N) is 1. The van der Waals surface area contributed by atoms with E-state index in [0.717, 1.165) is 75.0 Å². The minimum absolute atomic E-state index is 0.0872. The highest BCUT2D eigenvalue weighted by Crippen LogP contribution is 2.42. The SMILES string of the molecule is O=C(N[C@H]1CCc2cccc(C(=O)N3CCC4(CCN(c5ccncc5)CC4)C3)c21)c1ccccc1Cl. The third kappa shape index (κ3) is 4.59. The van der Waals surface area contributed by atoms with E-state index in [1.165, 1.54) is 5.69 Å². The average Bonchev–Trinajstić information content (AvgIpc) is 3.54. The van der Waals surface area contributed by atoms with Crippen LogP contribution in [-0.4, -0.2) is 47.9 Å². The highest BCUT2D eigenvalue weighted by atomic mass is 35.5. The lowest BCUT2D eigenvalue weighted by molar-refractivity contribution is 0.0761. The summed E-state index contributed by atoms with van der Waals surface area (Å²) in [6.45, 7) is 3.59. The molecule has 0 saturated carbocycles. The molecule has 1 aromatic heterocycles. The summed E-state index contributed by atoms with van der Waals surface area (Å²) in [5.74, 6) is -0.115. The van der Waals surface area contributed by atoms with Crippen molar-refractivity contribution in [1.82, 2.24) is 15.2 Å². The maximum absolute atomic E-state index is 13.8. The molecule has 37 heavy (non-hydrogen) atoms. The molecule has 2 aromatic carbocycles. The molecule has 190 valence electrons. The van der Waals surface area contributed by atoms with E-state index in [9.17, 15) is 9.59 Å². The Kier molecular flexibility index (Phi) is 6.37. The fourth-order valence-corrected chi connectivity index (χ4v) is 6.60. The third-order valence-corrected chi connectivity index (χ3v) is 8.81. The second-order valence-corrected chi connectivity index (χ2v) is 11.0. The molecule has 3 aromatic rings. The van der Waals surface area contributed by atoms with Crippen LogP contribution in [0.25, 0.3) is 0 Å². The number of rotatable bonds is 4. The number of hydrogen-bond donors (Lipinski definition) is 1. The van der Waals surface area contributed by atoms with Gasteiger partial charge < -0.3 is 15.1 Å². The van der Waals surface area contributed by atoms with Gasteiger partial charge in [-0.3, -0.25) is 14.6 Å². The van der Waals surface area contributed by atoms with Crippen molar-refractivity contribution < 1.29 is 9.59 Å². The van der Waals surface area contributed by atoms with Crippen LogP contribution in [0, 0.1) is 5.41 Å². The molecule has 0 bridgehead atoms. The predicted molar refractivity (Wildman–Crippen MR) is 145 cm³/mol. The van der Waals surface area contributed by atoms with E-state index in [0.29, 0.717) is 10.6 Å². The lowest BCUT2D eigenvalue weighted by atomic mass is 9.77. The van der Waals surface area contributed by atoms with Crippen LogP contribution in [0.3, 0.4) is 0 Å². The second kappa shape index (κ2) is 9.82. The topological polar surface area (TPSA) is 65.5 Å². The van der Waals surface area contributed by atoms with Crippen LogP contribution < -0.4 is 10.2 Å². The number of carbonyl (C=O) groups excluding carboxylic acids is 2. The van der Waals surface area contributed by atoms with Crippen molar-refractivity contribution in [2.24, 2.45) is 5.41 Å². The molecule has 2 amide bonds. The van der Waals surface area contributed by atoms with Crippen molar-refractivity contribution in [3.05, 3.63) is 94.3 Å². The van der Waals surface area contributed by atoms with Crippen LogP contribution in [0.15, 0.2) is 67.0 Å². The fraction of sp³-hybridized carbons (Fsp3) is 0.367. The highest BCUT2D eigenvalue weighted by Gasteiger charge is 2.43. The van der Waals surface area contributed by atoms with Gasteiger partial charge >= 0.3 is 0 Å². The van der Waals surface area contributed by atoms with Crippen molar-refractivity contribution in [2.75, 3.05) is 31.1 Å². The monoisotopic (exact) mass is 514 g/mol. The molecule has 2 saturated heterocycles. The Morgan fingerprint density at radius 3 is 2.43 bits per heavy atom. The number of fused-ring (bicyclic) bond motifs is 1. The molecule has 0 unspecified atom stereocenters. The summed E-state index contributed by atoms with van der Waals surface area (Å²) < 4.78 is 0. The Bertz CT molecular complexity index is 1320. The number of benzene rings is 2. The molecule has 1 spiro atoms. The number of amides is 2. The summed E-state index contributed by atoms with van der Waals surface area (Å²) in [6, 6.07) is 17.0. The summed E-state index contributed by atoms with van der Waals surface area (Å²) >= 11 is 6.26. The highest BCUT2D eigenvalue weighted by molar-refractivity contribution is 6.33. The largest absolute Gasteiger partial charge is 0.371 e. The molecule has 1 aliphatic carbocycles. The van der Waals surface area contributed by atoms with Gasteiger partial charge in [-0.15, -0.1) is 0 Å². The Morgan fingerprint density at radius 2 is 1.65 bits per heavy atom. The first-order valence-corrected chi connectivity index (χ1v) is 13.5. The van der Waals surface area contributed by atoms with Gasteiger partial charge in [0.2, 0.25) is 0 Å². The third-order valence-electron chi connectivity index (χ3n) is 8.48. The lowest BCUT2D eigenvalue weighted by Gasteiger charge is -2.40. The van der Waals surface area contributed by atoms with E-state index in [2.05, 4.69) is 33.4 Å². The molecule has 3 aliphatic rings. The van der Waals surface area contributed by atoms with Gasteiger partial charge in [-0.2, -0.15) is 0 Å². The number of piperidine rings is 1. The zero-order chi connectivity index (χ0) is 25.4. The predicted octanol–water partition coefficient (Wildman–Crippen LogP) is 5.29. The van der Waals surface area contributed by atoms with Gasteiger partial charge in [0.1, 0.15) is 0 Å². The second-order valence-electron chi connectivity index (χ2n) is 10.6. The summed E-state index contributed by atoms with van der Waals surface area (Å²) in [6.07, 6.45) is 8.54. The molecule has 1 atom stereocenters. The van der Waals surface area contributed by atoms with E-state index >= 15 is 0 Å². The van der Waals surface area contributed by atoms with Crippen LogP contribution >= 0.6 is 11.6 Å². The maximum Gasteiger partial charge on any atom is 0.254 e. The van der Waals surface area contributed by atoms with Gasteiger partial charge in [0, 0.05) is 49.8 Å². The summed E-state index contributed by atoms with van der Waals surface area (Å²) in [4.78, 5) is 35.5. The van der Waals surface area contributed by atoms with Gasteiger partial charge in [-0.25, -0.2) is 0 Å². The minimum atomic E-state index is -0.202. The molecule has 3 heterocycles. The lowest BCUT2D eigenvalue weighted by Crippen LogP contribution is -2.42. The first-order chi connectivity index (χ1) is 18.0. The van der Waals surface area contributed by atoms with Gasteiger partial charge in [-0.1, -0.05) is 35.9 Å². The van der Waals surface area contributed by atoms with Gasteiger partial charge in [0.25, 0.3) is 11.8 Å². The van der Waals surface area contributed by atoms with E-state index in [4.69, 9.17) is 11.6 Å². The van der Waals surface area contributed by atoms with Crippen molar-refractivity contribution in [2.45, 2.75) is 38.1 Å². The van der Waals surface area contributed by atoms with E-state index in [1.807, 2.05) is 41.6 Å². The number of hydrogen-bond acceptors (Lipinski definition) is 4. The molecular weight excluding hydrogens is 484 g/mol. The number of aromatic nitrogens is 1. The van der Waals surface area contributed by atoms with Crippen molar-refractivity contribution >= 4 is 29.1 Å². The number of nitrogens with zero attached hydrogens (tertiary/aromatic N) is 3. The van der Waals surface area contributed by atoms with E-state index in [1.54, 1.807) is 12.1 Å². The van der Waals surface area contributed by atoms with Crippen molar-refractivity contribution in [3.8, 4) is 0 Å². The maximum atomic E-state index is 13.8. The molecular formula is C30H31ClN4O2. The normalized spacial score (nSPS) is 20.2. The summed E-state index contributed by atoms with van der Waals surface area (Å²) in [7, 11) is 0. The van der Waals surface area contributed by atoms with Crippen molar-refractivity contribution in [1.29, 1.82) is 0 Å². The number of carbonyl (C=O) groups is 2. The summed E-state index contributed by atoms with van der Waals surface area (Å²) in [5, 5.41) is 3.58. The quantitative estimate of drug-likeness (QED) is 0.514. The first kappa shape index (κ1) is 24.0. The smallest absolute Gasteiger partial charge is 0.254 e. The molecule has 0 radical (unpaired) electrons. The summed E-state index contributed by atoms with van der Waals surface area (Å²) in [5.41, 5.74) is 4.72. The van der Waals surface area contributed by atoms with Gasteiger partial charge in [0.15, 0.2) is 0 Å². The standard InChI is InChI=1S/C30H31ClN4O2/c31-25-7-2-1-5-23(25)28(36)33-26-9-8-21-4-3-6-24(27(21)26)29(37)35-19-14-30(20-35)12-17-34(18-13-30)22-10-15-32-16-11-22/h1-7,10-11,15-16,26H,8-9,12-14,17-20H2,(H,33,36)/t26-/m0/s1. The van der Waals surface area contributed by atoms with Gasteiger partial charge in [-0.05, 0) is 79.0 Å². The first-order valence-electron chi connectivity index (χ1n) is 13.1. The number of halogens is 1. The van der Waals surface area contributed by atoms with E-state index in [-0.39, 0.29) is 23.3 Å². The zero-order valence-electron chi connectivity index (χ0n) is 20.8. The van der Waals surface area contributed by atoms with Crippen LogP contribution in [0.4, 0.5) is 5.69 Å². The Hall–Kier alpha value is -3.38. The van der Waals surface area contributed by atoms with Crippen LogP contribution in [0.5, 0.6) is 0 Å².